The number of aliphatic imine (C=N–C) groups is 1. The molecule has 0 saturated carbocycles. The number of halogens is 1. The lowest BCUT2D eigenvalue weighted by atomic mass is 10.1. The number of hydrogen-bond acceptors (Lipinski definition) is 7. The molecule has 26 heavy (non-hydrogen) atoms. The van der Waals surface area contributed by atoms with Gasteiger partial charge in [-0.1, -0.05) is 28.1 Å². The van der Waals surface area contributed by atoms with Crippen molar-refractivity contribution in [3.63, 3.8) is 0 Å². The molecular formula is C16H8BrN3O6. The van der Waals surface area contributed by atoms with E-state index in [0.29, 0.717) is 5.56 Å². The molecule has 0 atom stereocenters. The van der Waals surface area contributed by atoms with Crippen molar-refractivity contribution < 1.29 is 19.4 Å². The number of ether oxygens (including phenoxy) is 1. The van der Waals surface area contributed by atoms with E-state index in [1.54, 1.807) is 24.3 Å². The summed E-state index contributed by atoms with van der Waals surface area (Å²) in [5.41, 5.74) is -0.360. The zero-order chi connectivity index (χ0) is 18.8. The number of carbonyl (C=O) groups excluding carboxylic acids is 1. The Hall–Kier alpha value is -3.40. The Bertz CT molecular complexity index is 965. The van der Waals surface area contributed by atoms with Crippen molar-refractivity contribution in [2.75, 3.05) is 0 Å². The van der Waals surface area contributed by atoms with Crippen LogP contribution in [0.25, 0.3) is 6.08 Å². The van der Waals surface area contributed by atoms with Gasteiger partial charge in [0, 0.05) is 16.6 Å². The zero-order valence-electron chi connectivity index (χ0n) is 12.8. The number of hydrogen-bond donors (Lipinski definition) is 0. The highest BCUT2D eigenvalue weighted by Crippen LogP contribution is 2.26. The minimum atomic E-state index is -0.771. The van der Waals surface area contributed by atoms with Crippen molar-refractivity contribution in [2.45, 2.75) is 0 Å². The third-order valence-electron chi connectivity index (χ3n) is 3.37. The molecule has 0 unspecified atom stereocenters. The van der Waals surface area contributed by atoms with Crippen molar-refractivity contribution >= 4 is 45.2 Å². The number of carbonyl (C=O) groups is 1. The molecule has 0 fully saturated rings. The van der Waals surface area contributed by atoms with Crippen LogP contribution >= 0.6 is 15.9 Å². The first-order valence-electron chi connectivity index (χ1n) is 7.06. The summed E-state index contributed by atoms with van der Waals surface area (Å²) in [5.74, 6) is -0.984. The largest absolute Gasteiger partial charge is 0.402 e. The van der Waals surface area contributed by atoms with Gasteiger partial charge in [0.05, 0.1) is 21.5 Å². The molecule has 3 rings (SSSR count). The third-order valence-corrected chi connectivity index (χ3v) is 3.89. The summed E-state index contributed by atoms with van der Waals surface area (Å²) in [7, 11) is 0. The average molecular weight is 418 g/mol. The van der Waals surface area contributed by atoms with Crippen molar-refractivity contribution in [1.82, 2.24) is 0 Å². The van der Waals surface area contributed by atoms with Crippen LogP contribution in [-0.2, 0) is 9.53 Å². The van der Waals surface area contributed by atoms with Crippen molar-refractivity contribution in [1.29, 1.82) is 0 Å². The molecule has 0 bridgehead atoms. The molecule has 2 aromatic rings. The third kappa shape index (κ3) is 3.64. The van der Waals surface area contributed by atoms with Gasteiger partial charge in [-0.05, 0) is 23.8 Å². The molecule has 0 radical (unpaired) electrons. The molecule has 1 heterocycles. The fourth-order valence-corrected chi connectivity index (χ4v) is 2.44. The van der Waals surface area contributed by atoms with Crippen LogP contribution in [0.3, 0.4) is 0 Å². The standard InChI is InChI=1S/C16H8BrN3O6/c17-11-3-1-9(2-4-11)5-14-16(21)26-15(18-14)10-6-12(19(22)23)8-13(7-10)20(24)25/h1-8H/b14-5+. The van der Waals surface area contributed by atoms with Crippen LogP contribution in [0.15, 0.2) is 57.6 Å². The summed E-state index contributed by atoms with van der Waals surface area (Å²) in [5, 5.41) is 21.9. The molecule has 0 spiro atoms. The number of nitro benzene ring substituents is 2. The van der Waals surface area contributed by atoms with Crippen molar-refractivity contribution in [3.8, 4) is 0 Å². The van der Waals surface area contributed by atoms with Gasteiger partial charge in [-0.3, -0.25) is 20.2 Å². The van der Waals surface area contributed by atoms with Gasteiger partial charge >= 0.3 is 5.97 Å². The van der Waals surface area contributed by atoms with Crippen LogP contribution in [-0.4, -0.2) is 21.7 Å². The van der Waals surface area contributed by atoms with Gasteiger partial charge in [0.15, 0.2) is 5.70 Å². The fraction of sp³-hybridized carbons (Fsp3) is 0. The van der Waals surface area contributed by atoms with E-state index < -0.39 is 27.2 Å². The van der Waals surface area contributed by atoms with Crippen LogP contribution in [0, 0.1) is 20.2 Å². The van der Waals surface area contributed by atoms with Crippen LogP contribution in [0.1, 0.15) is 11.1 Å². The molecule has 0 saturated heterocycles. The minimum Gasteiger partial charge on any atom is -0.402 e. The Morgan fingerprint density at radius 1 is 1.00 bits per heavy atom. The predicted octanol–water partition coefficient (Wildman–Crippen LogP) is 3.61. The SMILES string of the molecule is O=C1OC(c2cc([N+](=O)[O-])cc([N+](=O)[O-])c2)=N/C1=C/c1ccc(Br)cc1. The molecule has 9 nitrogen and oxygen atoms in total. The fourth-order valence-electron chi connectivity index (χ4n) is 2.18. The highest BCUT2D eigenvalue weighted by atomic mass is 79.9. The van der Waals surface area contributed by atoms with Gasteiger partial charge in [0.2, 0.25) is 5.90 Å². The second-order valence-electron chi connectivity index (χ2n) is 5.14. The maximum atomic E-state index is 12.0. The van der Waals surface area contributed by atoms with Gasteiger partial charge in [0.25, 0.3) is 11.4 Å². The highest BCUT2D eigenvalue weighted by Gasteiger charge is 2.27. The van der Waals surface area contributed by atoms with E-state index >= 15 is 0 Å². The van der Waals surface area contributed by atoms with Crippen LogP contribution in [0.4, 0.5) is 11.4 Å². The Morgan fingerprint density at radius 3 is 2.12 bits per heavy atom. The van der Waals surface area contributed by atoms with Crippen LogP contribution < -0.4 is 0 Å². The molecule has 0 aromatic heterocycles. The number of benzene rings is 2. The normalized spacial score (nSPS) is 14.9. The number of non-ortho nitro benzene ring substituents is 2. The first-order valence-corrected chi connectivity index (χ1v) is 7.85. The van der Waals surface area contributed by atoms with Crippen LogP contribution in [0.2, 0.25) is 0 Å². The van der Waals surface area contributed by atoms with E-state index in [0.717, 1.165) is 22.7 Å². The number of esters is 1. The Balaban J connectivity index is 2.02. The van der Waals surface area contributed by atoms with Gasteiger partial charge in [0.1, 0.15) is 0 Å². The monoisotopic (exact) mass is 417 g/mol. The summed E-state index contributed by atoms with van der Waals surface area (Å²) < 4.78 is 5.88. The van der Waals surface area contributed by atoms with Crippen molar-refractivity contribution in [3.05, 3.63) is 84.0 Å². The first kappa shape index (κ1) is 17.4. The molecule has 1 aliphatic heterocycles. The number of nitro groups is 2. The number of nitrogens with zero attached hydrogens (tertiary/aromatic N) is 3. The summed E-state index contributed by atoms with van der Waals surface area (Å²) in [6.07, 6.45) is 1.48. The summed E-state index contributed by atoms with van der Waals surface area (Å²) in [6.45, 7) is 0. The number of rotatable bonds is 4. The lowest BCUT2D eigenvalue weighted by Crippen LogP contribution is -2.06. The van der Waals surface area contributed by atoms with Crippen LogP contribution in [0.5, 0.6) is 0 Å². The van der Waals surface area contributed by atoms with E-state index in [9.17, 15) is 25.0 Å². The summed E-state index contributed by atoms with van der Waals surface area (Å²) in [4.78, 5) is 36.4. The Kier molecular flexibility index (Phi) is 4.59. The molecule has 130 valence electrons. The van der Waals surface area contributed by atoms with Gasteiger partial charge < -0.3 is 4.74 Å². The molecule has 10 heteroatoms. The predicted molar refractivity (Wildman–Crippen MR) is 94.5 cm³/mol. The average Bonchev–Trinajstić information content (AvgIpc) is 2.97. The second kappa shape index (κ2) is 6.84. The Morgan fingerprint density at radius 2 is 1.58 bits per heavy atom. The molecule has 0 aliphatic carbocycles. The quantitative estimate of drug-likeness (QED) is 0.323. The Labute approximate surface area is 154 Å². The maximum absolute atomic E-state index is 12.0. The molecule has 2 aromatic carbocycles. The van der Waals surface area contributed by atoms with E-state index in [-0.39, 0.29) is 17.2 Å². The maximum Gasteiger partial charge on any atom is 0.363 e. The van der Waals surface area contributed by atoms with Gasteiger partial charge in [-0.2, -0.15) is 0 Å². The van der Waals surface area contributed by atoms with E-state index in [1.165, 1.54) is 6.08 Å². The van der Waals surface area contributed by atoms with Gasteiger partial charge in [-0.25, -0.2) is 9.79 Å². The van der Waals surface area contributed by atoms with Crippen molar-refractivity contribution in [2.24, 2.45) is 4.99 Å². The lowest BCUT2D eigenvalue weighted by Gasteiger charge is -2.00. The molecule has 0 N–H and O–H groups in total. The van der Waals surface area contributed by atoms with E-state index in [2.05, 4.69) is 20.9 Å². The minimum absolute atomic E-state index is 0.0171. The number of cyclic esters (lactones) is 1. The first-order chi connectivity index (χ1) is 12.3. The molecule has 0 amide bonds. The van der Waals surface area contributed by atoms with Gasteiger partial charge in [-0.15, -0.1) is 0 Å². The van der Waals surface area contributed by atoms with E-state index in [1.807, 2.05) is 0 Å². The smallest absolute Gasteiger partial charge is 0.363 e. The summed E-state index contributed by atoms with van der Waals surface area (Å²) in [6, 6.07) is 9.98. The molecular weight excluding hydrogens is 410 g/mol. The summed E-state index contributed by atoms with van der Waals surface area (Å²) >= 11 is 3.30. The lowest BCUT2D eigenvalue weighted by molar-refractivity contribution is -0.394. The highest BCUT2D eigenvalue weighted by molar-refractivity contribution is 9.10. The topological polar surface area (TPSA) is 125 Å². The van der Waals surface area contributed by atoms with E-state index in [4.69, 9.17) is 4.74 Å². The zero-order valence-corrected chi connectivity index (χ0v) is 14.4. The molecule has 1 aliphatic rings. The second-order valence-corrected chi connectivity index (χ2v) is 6.06.